The van der Waals surface area contributed by atoms with E-state index in [1.54, 1.807) is 42.5 Å². The molecule has 0 atom stereocenters. The van der Waals surface area contributed by atoms with Crippen LogP contribution in [-0.4, -0.2) is 0 Å². The highest BCUT2D eigenvalue weighted by Gasteiger charge is 1.97. The van der Waals surface area contributed by atoms with Crippen LogP contribution in [-0.2, 0) is 0 Å². The van der Waals surface area contributed by atoms with Gasteiger partial charge >= 0.3 is 0 Å². The zero-order valence-electron chi connectivity index (χ0n) is 10.0. The summed E-state index contributed by atoms with van der Waals surface area (Å²) >= 11 is 0. The van der Waals surface area contributed by atoms with Crippen LogP contribution in [0.1, 0.15) is 22.3 Å². The molecule has 3 nitrogen and oxygen atoms in total. The Hall–Kier alpha value is -3.22. The summed E-state index contributed by atoms with van der Waals surface area (Å²) in [6.07, 6.45) is 0. The third-order valence-corrected chi connectivity index (χ3v) is 2.54. The molecule has 0 bridgehead atoms. The molecular formula is C16H9N3. The Morgan fingerprint density at radius 2 is 1.32 bits per heavy atom. The number of nitrogens with two attached hydrogens (primary N) is 1. The second kappa shape index (κ2) is 5.41. The SMILES string of the molecule is N#Cc1ccc(C#Cc2cc(C#N)ccc2N)cc1. The molecule has 0 unspecified atom stereocenters. The summed E-state index contributed by atoms with van der Waals surface area (Å²) in [5.74, 6) is 5.89. The van der Waals surface area contributed by atoms with E-state index in [4.69, 9.17) is 16.3 Å². The van der Waals surface area contributed by atoms with E-state index >= 15 is 0 Å². The van der Waals surface area contributed by atoms with Crippen molar-refractivity contribution < 1.29 is 0 Å². The Morgan fingerprint density at radius 3 is 1.95 bits per heavy atom. The van der Waals surface area contributed by atoms with Gasteiger partial charge in [0.2, 0.25) is 0 Å². The molecule has 0 spiro atoms. The van der Waals surface area contributed by atoms with Crippen molar-refractivity contribution in [3.05, 3.63) is 64.7 Å². The van der Waals surface area contributed by atoms with Crippen molar-refractivity contribution in [1.82, 2.24) is 0 Å². The lowest BCUT2D eigenvalue weighted by molar-refractivity contribution is 1.47. The van der Waals surface area contributed by atoms with Gasteiger partial charge in [-0.25, -0.2) is 0 Å². The molecule has 0 radical (unpaired) electrons. The van der Waals surface area contributed by atoms with Crippen LogP contribution >= 0.6 is 0 Å². The van der Waals surface area contributed by atoms with Gasteiger partial charge in [0.05, 0.1) is 23.3 Å². The molecule has 2 aromatic rings. The summed E-state index contributed by atoms with van der Waals surface area (Å²) in [5, 5.41) is 17.5. The van der Waals surface area contributed by atoms with Crippen LogP contribution in [0.15, 0.2) is 42.5 Å². The maximum absolute atomic E-state index is 8.83. The number of nitrogens with zero attached hydrogens (tertiary/aromatic N) is 2. The molecule has 0 heterocycles. The third kappa shape index (κ3) is 2.91. The van der Waals surface area contributed by atoms with Crippen LogP contribution in [0.3, 0.4) is 0 Å². The van der Waals surface area contributed by atoms with E-state index in [1.807, 2.05) is 12.1 Å². The van der Waals surface area contributed by atoms with Crippen molar-refractivity contribution in [3.8, 4) is 24.0 Å². The standard InChI is InChI=1S/C16H9N3/c17-10-13-3-1-12(2-4-13)5-7-15-9-14(11-18)6-8-16(15)19/h1-4,6,8-9H,19H2. The molecule has 0 fully saturated rings. The first-order valence-electron chi connectivity index (χ1n) is 5.55. The number of nitriles is 2. The minimum Gasteiger partial charge on any atom is -0.398 e. The Balaban J connectivity index is 2.34. The summed E-state index contributed by atoms with van der Waals surface area (Å²) in [5.41, 5.74) is 8.88. The van der Waals surface area contributed by atoms with E-state index in [0.717, 1.165) is 5.56 Å². The normalized spacial score (nSPS) is 8.74. The number of nitrogen functional groups attached to an aromatic ring is 1. The lowest BCUT2D eigenvalue weighted by atomic mass is 10.1. The predicted octanol–water partition coefficient (Wildman–Crippen LogP) is 2.41. The zero-order chi connectivity index (χ0) is 13.7. The van der Waals surface area contributed by atoms with Gasteiger partial charge in [-0.1, -0.05) is 11.8 Å². The third-order valence-electron chi connectivity index (χ3n) is 2.54. The molecular weight excluding hydrogens is 234 g/mol. The molecule has 0 amide bonds. The van der Waals surface area contributed by atoms with Crippen molar-refractivity contribution >= 4 is 5.69 Å². The van der Waals surface area contributed by atoms with Crippen LogP contribution in [0.2, 0.25) is 0 Å². The summed E-state index contributed by atoms with van der Waals surface area (Å²) < 4.78 is 0. The molecule has 2 aromatic carbocycles. The van der Waals surface area contributed by atoms with E-state index in [9.17, 15) is 0 Å². The topological polar surface area (TPSA) is 73.6 Å². The van der Waals surface area contributed by atoms with Gasteiger partial charge in [-0.15, -0.1) is 0 Å². The van der Waals surface area contributed by atoms with E-state index < -0.39 is 0 Å². The molecule has 0 saturated carbocycles. The van der Waals surface area contributed by atoms with Gasteiger partial charge in [0.25, 0.3) is 0 Å². The van der Waals surface area contributed by atoms with Gasteiger partial charge in [-0.3, -0.25) is 0 Å². The fourth-order valence-corrected chi connectivity index (χ4v) is 1.50. The maximum Gasteiger partial charge on any atom is 0.0992 e. The van der Waals surface area contributed by atoms with Gasteiger partial charge in [0, 0.05) is 16.8 Å². The molecule has 3 heteroatoms. The highest BCUT2D eigenvalue weighted by Crippen LogP contribution is 2.12. The van der Waals surface area contributed by atoms with Crippen molar-refractivity contribution in [3.63, 3.8) is 0 Å². The second-order valence-electron chi connectivity index (χ2n) is 3.85. The van der Waals surface area contributed by atoms with Crippen molar-refractivity contribution in [2.24, 2.45) is 0 Å². The number of hydrogen-bond donors (Lipinski definition) is 1. The van der Waals surface area contributed by atoms with Crippen LogP contribution in [0.25, 0.3) is 0 Å². The molecule has 0 aliphatic heterocycles. The Bertz CT molecular complexity index is 748. The average molecular weight is 243 g/mol. The van der Waals surface area contributed by atoms with Crippen molar-refractivity contribution in [2.75, 3.05) is 5.73 Å². The summed E-state index contributed by atoms with van der Waals surface area (Å²) in [6, 6.07) is 16.0. The Kier molecular flexibility index (Phi) is 3.48. The smallest absolute Gasteiger partial charge is 0.0992 e. The van der Waals surface area contributed by atoms with Crippen LogP contribution in [0.4, 0.5) is 5.69 Å². The molecule has 0 aliphatic rings. The van der Waals surface area contributed by atoms with Gasteiger partial charge < -0.3 is 5.73 Å². The summed E-state index contributed by atoms with van der Waals surface area (Å²) in [7, 11) is 0. The van der Waals surface area contributed by atoms with Gasteiger partial charge in [0.15, 0.2) is 0 Å². The lowest BCUT2D eigenvalue weighted by Crippen LogP contribution is -1.90. The molecule has 19 heavy (non-hydrogen) atoms. The minimum absolute atomic E-state index is 0.526. The highest BCUT2D eigenvalue weighted by molar-refractivity contribution is 5.60. The number of rotatable bonds is 0. The van der Waals surface area contributed by atoms with Crippen molar-refractivity contribution in [2.45, 2.75) is 0 Å². The number of hydrogen-bond acceptors (Lipinski definition) is 3. The van der Waals surface area contributed by atoms with E-state index in [-0.39, 0.29) is 0 Å². The van der Waals surface area contributed by atoms with Gasteiger partial charge in [-0.2, -0.15) is 10.5 Å². The average Bonchev–Trinajstić information content (AvgIpc) is 2.47. The quantitative estimate of drug-likeness (QED) is 0.570. The maximum atomic E-state index is 8.83. The molecule has 2 rings (SSSR count). The van der Waals surface area contributed by atoms with Crippen LogP contribution in [0.5, 0.6) is 0 Å². The fourth-order valence-electron chi connectivity index (χ4n) is 1.50. The van der Waals surface area contributed by atoms with Crippen molar-refractivity contribution in [1.29, 1.82) is 10.5 Å². The van der Waals surface area contributed by atoms with E-state index in [0.29, 0.717) is 22.4 Å². The lowest BCUT2D eigenvalue weighted by Gasteiger charge is -1.97. The first kappa shape index (κ1) is 12.2. The molecule has 88 valence electrons. The second-order valence-corrected chi connectivity index (χ2v) is 3.85. The monoisotopic (exact) mass is 243 g/mol. The number of anilines is 1. The van der Waals surface area contributed by atoms with E-state index in [2.05, 4.69) is 11.8 Å². The van der Waals surface area contributed by atoms with Gasteiger partial charge in [-0.05, 0) is 42.5 Å². The van der Waals surface area contributed by atoms with Crippen LogP contribution in [0, 0.1) is 34.5 Å². The molecule has 2 N–H and O–H groups in total. The zero-order valence-corrected chi connectivity index (χ0v) is 10.0. The first-order valence-corrected chi connectivity index (χ1v) is 5.55. The largest absolute Gasteiger partial charge is 0.398 e. The van der Waals surface area contributed by atoms with E-state index in [1.165, 1.54) is 0 Å². The Morgan fingerprint density at radius 1 is 0.737 bits per heavy atom. The predicted molar refractivity (Wildman–Crippen MR) is 72.7 cm³/mol. The molecule has 0 aliphatic carbocycles. The molecule has 0 aromatic heterocycles. The van der Waals surface area contributed by atoms with Gasteiger partial charge in [0.1, 0.15) is 0 Å². The summed E-state index contributed by atoms with van der Waals surface area (Å²) in [6.45, 7) is 0. The number of benzene rings is 2. The summed E-state index contributed by atoms with van der Waals surface area (Å²) in [4.78, 5) is 0. The first-order chi connectivity index (χ1) is 9.22. The van der Waals surface area contributed by atoms with Crippen LogP contribution < -0.4 is 5.73 Å². The fraction of sp³-hybridized carbons (Fsp3) is 0. The minimum atomic E-state index is 0.526. The molecule has 0 saturated heterocycles. The highest BCUT2D eigenvalue weighted by atomic mass is 14.5. The Labute approximate surface area is 111 Å².